The van der Waals surface area contributed by atoms with Gasteiger partial charge in [0.25, 0.3) is 5.91 Å². The van der Waals surface area contributed by atoms with Crippen LogP contribution in [0.5, 0.6) is 0 Å². The molecule has 2 rings (SSSR count). The van der Waals surface area contributed by atoms with Crippen LogP contribution < -0.4 is 16.0 Å². The quantitative estimate of drug-likeness (QED) is 0.344. The molecule has 0 atom stereocenters. The summed E-state index contributed by atoms with van der Waals surface area (Å²) in [7, 11) is 6.94. The van der Waals surface area contributed by atoms with E-state index in [9.17, 15) is 4.79 Å². The molecule has 7 heteroatoms. The van der Waals surface area contributed by atoms with Gasteiger partial charge < -0.3 is 25.6 Å². The Labute approximate surface area is 173 Å². The minimum absolute atomic E-state index is 0.00176. The van der Waals surface area contributed by atoms with E-state index in [1.165, 1.54) is 0 Å². The van der Waals surface area contributed by atoms with Gasteiger partial charge in [-0.05, 0) is 35.4 Å². The van der Waals surface area contributed by atoms with Gasteiger partial charge in [0, 0.05) is 59.1 Å². The topological polar surface area (TPSA) is 78.0 Å². The molecule has 156 valence electrons. The van der Waals surface area contributed by atoms with Crippen molar-refractivity contribution in [2.24, 2.45) is 4.99 Å². The molecule has 0 aliphatic heterocycles. The molecule has 0 unspecified atom stereocenters. The molecule has 0 aliphatic rings. The first kappa shape index (κ1) is 22.2. The van der Waals surface area contributed by atoms with Gasteiger partial charge in [-0.25, -0.2) is 0 Å². The van der Waals surface area contributed by atoms with E-state index < -0.39 is 0 Å². The SMILES string of the molecule is CN=C(NCc1ccc(NCCOC)cc1)NCc1ccc(C(=O)N(C)C)cc1. The number of carbonyl (C=O) groups excluding carboxylic acids is 1. The van der Waals surface area contributed by atoms with Gasteiger partial charge in [0.1, 0.15) is 0 Å². The minimum Gasteiger partial charge on any atom is -0.383 e. The molecule has 1 amide bonds. The first-order valence-electron chi connectivity index (χ1n) is 9.60. The van der Waals surface area contributed by atoms with E-state index in [4.69, 9.17) is 4.74 Å². The van der Waals surface area contributed by atoms with Gasteiger partial charge in [0.2, 0.25) is 0 Å². The van der Waals surface area contributed by atoms with Crippen molar-refractivity contribution in [3.05, 3.63) is 65.2 Å². The maximum atomic E-state index is 11.9. The van der Waals surface area contributed by atoms with Crippen LogP contribution in [0.25, 0.3) is 0 Å². The third-order valence-corrected chi connectivity index (χ3v) is 4.34. The highest BCUT2D eigenvalue weighted by molar-refractivity contribution is 5.93. The van der Waals surface area contributed by atoms with Crippen LogP contribution in [0.1, 0.15) is 21.5 Å². The number of anilines is 1. The molecule has 0 fully saturated rings. The fraction of sp³-hybridized carbons (Fsp3) is 0.364. The highest BCUT2D eigenvalue weighted by atomic mass is 16.5. The minimum atomic E-state index is 0.00176. The number of rotatable bonds is 9. The fourth-order valence-electron chi connectivity index (χ4n) is 2.65. The molecule has 3 N–H and O–H groups in total. The number of ether oxygens (including phenoxy) is 1. The summed E-state index contributed by atoms with van der Waals surface area (Å²) in [4.78, 5) is 17.8. The van der Waals surface area contributed by atoms with Crippen LogP contribution in [-0.4, -0.2) is 58.2 Å². The molecule has 0 bridgehead atoms. The van der Waals surface area contributed by atoms with Crippen molar-refractivity contribution < 1.29 is 9.53 Å². The second-order valence-electron chi connectivity index (χ2n) is 6.79. The maximum absolute atomic E-state index is 11.9. The van der Waals surface area contributed by atoms with E-state index in [0.717, 1.165) is 29.3 Å². The average molecular weight is 398 g/mol. The van der Waals surface area contributed by atoms with Crippen molar-refractivity contribution in [3.8, 4) is 0 Å². The van der Waals surface area contributed by atoms with Crippen LogP contribution in [-0.2, 0) is 17.8 Å². The number of hydrogen-bond acceptors (Lipinski definition) is 4. The molecule has 0 saturated carbocycles. The Hall–Kier alpha value is -3.06. The van der Waals surface area contributed by atoms with Gasteiger partial charge in [-0.1, -0.05) is 24.3 Å². The second kappa shape index (κ2) is 11.7. The number of benzene rings is 2. The van der Waals surface area contributed by atoms with Crippen LogP contribution in [0.15, 0.2) is 53.5 Å². The first-order chi connectivity index (χ1) is 14.0. The van der Waals surface area contributed by atoms with Crippen LogP contribution in [0.3, 0.4) is 0 Å². The van der Waals surface area contributed by atoms with Crippen molar-refractivity contribution in [2.75, 3.05) is 46.7 Å². The van der Waals surface area contributed by atoms with Gasteiger partial charge in [-0.15, -0.1) is 0 Å². The van der Waals surface area contributed by atoms with Crippen molar-refractivity contribution in [2.45, 2.75) is 13.1 Å². The molecule has 0 aromatic heterocycles. The summed E-state index contributed by atoms with van der Waals surface area (Å²) in [6.45, 7) is 2.77. The molecular weight excluding hydrogens is 366 g/mol. The summed E-state index contributed by atoms with van der Waals surface area (Å²) in [5.41, 5.74) is 4.00. The van der Waals surface area contributed by atoms with Crippen LogP contribution in [0.2, 0.25) is 0 Å². The van der Waals surface area contributed by atoms with Gasteiger partial charge >= 0.3 is 0 Å². The Morgan fingerprint density at radius 1 is 0.966 bits per heavy atom. The Balaban J connectivity index is 1.80. The van der Waals surface area contributed by atoms with Gasteiger partial charge in [0.05, 0.1) is 6.61 Å². The van der Waals surface area contributed by atoms with Crippen molar-refractivity contribution >= 4 is 17.6 Å². The lowest BCUT2D eigenvalue weighted by atomic mass is 10.1. The molecule has 0 aliphatic carbocycles. The standard InChI is InChI=1S/C22H31N5O2/c1-23-22(25-15-17-5-9-19(10-6-17)21(28)27(2)3)26-16-18-7-11-20(12-8-18)24-13-14-29-4/h5-12,24H,13-16H2,1-4H3,(H2,23,25,26). The number of amides is 1. The Morgan fingerprint density at radius 3 is 2.00 bits per heavy atom. The van der Waals surface area contributed by atoms with E-state index >= 15 is 0 Å². The summed E-state index contributed by atoms with van der Waals surface area (Å²) < 4.78 is 5.04. The molecule has 0 saturated heterocycles. The average Bonchev–Trinajstić information content (AvgIpc) is 2.75. The lowest BCUT2D eigenvalue weighted by Gasteiger charge is -2.13. The molecule has 2 aromatic rings. The zero-order valence-electron chi connectivity index (χ0n) is 17.7. The van der Waals surface area contributed by atoms with E-state index in [2.05, 4.69) is 45.2 Å². The van der Waals surface area contributed by atoms with Crippen molar-refractivity contribution in [1.82, 2.24) is 15.5 Å². The first-order valence-corrected chi connectivity index (χ1v) is 9.60. The van der Waals surface area contributed by atoms with Gasteiger partial charge in [-0.3, -0.25) is 9.79 Å². The number of methoxy groups -OCH3 is 1. The summed E-state index contributed by atoms with van der Waals surface area (Å²) in [5, 5.41) is 9.90. The van der Waals surface area contributed by atoms with Crippen molar-refractivity contribution in [1.29, 1.82) is 0 Å². The number of aliphatic imine (C=N–C) groups is 1. The summed E-state index contributed by atoms with van der Waals surface area (Å²) in [5.74, 6) is 0.725. The Bertz CT molecular complexity index is 786. The number of carbonyl (C=O) groups is 1. The molecule has 0 radical (unpaired) electrons. The molecule has 7 nitrogen and oxygen atoms in total. The van der Waals surface area contributed by atoms with E-state index in [1.54, 1.807) is 33.2 Å². The largest absolute Gasteiger partial charge is 0.383 e. The molecule has 29 heavy (non-hydrogen) atoms. The molecule has 0 spiro atoms. The zero-order valence-corrected chi connectivity index (χ0v) is 17.7. The highest BCUT2D eigenvalue weighted by Gasteiger charge is 2.07. The van der Waals surface area contributed by atoms with Crippen molar-refractivity contribution in [3.63, 3.8) is 0 Å². The predicted octanol–water partition coefficient (Wildman–Crippen LogP) is 2.31. The number of nitrogens with one attached hydrogen (secondary N) is 3. The fourth-order valence-corrected chi connectivity index (χ4v) is 2.65. The summed E-state index contributed by atoms with van der Waals surface area (Å²) >= 11 is 0. The zero-order chi connectivity index (χ0) is 21.1. The predicted molar refractivity (Wildman–Crippen MR) is 118 cm³/mol. The van der Waals surface area contributed by atoms with Crippen LogP contribution in [0, 0.1) is 0 Å². The lowest BCUT2D eigenvalue weighted by Crippen LogP contribution is -2.36. The van der Waals surface area contributed by atoms with Gasteiger partial charge in [0.15, 0.2) is 5.96 Å². The Kier molecular flexibility index (Phi) is 8.98. The summed E-state index contributed by atoms with van der Waals surface area (Å²) in [6.07, 6.45) is 0. The number of guanidine groups is 1. The van der Waals surface area contributed by atoms with E-state index in [0.29, 0.717) is 25.3 Å². The molecule has 0 heterocycles. The summed E-state index contributed by atoms with van der Waals surface area (Å²) in [6, 6.07) is 15.9. The van der Waals surface area contributed by atoms with Crippen LogP contribution in [0.4, 0.5) is 5.69 Å². The monoisotopic (exact) mass is 397 g/mol. The Morgan fingerprint density at radius 2 is 1.52 bits per heavy atom. The molecule has 2 aromatic carbocycles. The smallest absolute Gasteiger partial charge is 0.253 e. The third kappa shape index (κ3) is 7.46. The van der Waals surface area contributed by atoms with E-state index in [1.807, 2.05) is 24.3 Å². The highest BCUT2D eigenvalue weighted by Crippen LogP contribution is 2.09. The maximum Gasteiger partial charge on any atom is 0.253 e. The normalized spacial score (nSPS) is 11.1. The molecular formula is C22H31N5O2. The number of hydrogen-bond donors (Lipinski definition) is 3. The van der Waals surface area contributed by atoms with Gasteiger partial charge in [-0.2, -0.15) is 0 Å². The second-order valence-corrected chi connectivity index (χ2v) is 6.79. The lowest BCUT2D eigenvalue weighted by molar-refractivity contribution is 0.0827. The number of nitrogens with zero attached hydrogens (tertiary/aromatic N) is 2. The van der Waals surface area contributed by atoms with Crippen LogP contribution >= 0.6 is 0 Å². The third-order valence-electron chi connectivity index (χ3n) is 4.34. The van der Waals surface area contributed by atoms with E-state index in [-0.39, 0.29) is 5.91 Å².